The van der Waals surface area contributed by atoms with Crippen molar-refractivity contribution in [1.29, 1.82) is 0 Å². The summed E-state index contributed by atoms with van der Waals surface area (Å²) in [5, 5.41) is 4.23. The Hall–Kier alpha value is -1.26. The molecule has 1 aliphatic rings. The lowest BCUT2D eigenvalue weighted by Crippen LogP contribution is -2.53. The van der Waals surface area contributed by atoms with E-state index in [9.17, 15) is 0 Å². The lowest BCUT2D eigenvalue weighted by molar-refractivity contribution is 0.371. The quantitative estimate of drug-likeness (QED) is 0.216. The molecule has 0 aliphatic carbocycles. The molecule has 0 amide bonds. The molecule has 27 heavy (non-hydrogen) atoms. The number of benzene rings is 1. The molecule has 0 bridgehead atoms. The number of aliphatic imine (C=N–C) groups is 1. The smallest absolute Gasteiger partial charge is 0.225 e. The van der Waals surface area contributed by atoms with Gasteiger partial charge in [0.2, 0.25) is 5.95 Å². The van der Waals surface area contributed by atoms with Crippen molar-refractivity contribution in [3.63, 3.8) is 0 Å². The van der Waals surface area contributed by atoms with E-state index in [1.165, 1.54) is 4.90 Å². The molecule has 1 N–H and O–H groups in total. The number of rotatable bonds is 5. The van der Waals surface area contributed by atoms with Crippen LogP contribution in [0, 0.1) is 0 Å². The van der Waals surface area contributed by atoms with Gasteiger partial charge in [-0.05, 0) is 30.3 Å². The molecular formula is C18H24ClIN6S. The van der Waals surface area contributed by atoms with Gasteiger partial charge in [0, 0.05) is 67.8 Å². The molecule has 9 heteroatoms. The molecule has 2 aromatic rings. The van der Waals surface area contributed by atoms with Gasteiger partial charge in [-0.2, -0.15) is 0 Å². The maximum atomic E-state index is 5.91. The summed E-state index contributed by atoms with van der Waals surface area (Å²) in [4.78, 5) is 18.8. The molecule has 6 nitrogen and oxygen atoms in total. The Bertz CT molecular complexity index is 708. The van der Waals surface area contributed by atoms with Gasteiger partial charge in [0.1, 0.15) is 0 Å². The van der Waals surface area contributed by atoms with Crippen molar-refractivity contribution in [2.24, 2.45) is 4.99 Å². The monoisotopic (exact) mass is 518 g/mol. The van der Waals surface area contributed by atoms with Crippen molar-refractivity contribution in [3.8, 4) is 0 Å². The van der Waals surface area contributed by atoms with E-state index in [0.29, 0.717) is 0 Å². The van der Waals surface area contributed by atoms with Crippen LogP contribution in [0.4, 0.5) is 5.95 Å². The second-order valence-electron chi connectivity index (χ2n) is 5.80. The standard InChI is InChI=1S/C18H23ClN6S.HI/c1-20-17(23-9-14-26-16-5-3-15(19)4-6-16)24-10-12-25(13-11-24)18-21-7-2-8-22-18;/h2-8H,9-14H2,1H3,(H,20,23);1H. The normalized spacial score (nSPS) is 14.7. The zero-order valence-corrected chi connectivity index (χ0v) is 19.1. The van der Waals surface area contributed by atoms with Crippen LogP contribution in [0.3, 0.4) is 0 Å². The Kier molecular flexibility index (Phi) is 9.43. The summed E-state index contributed by atoms with van der Waals surface area (Å²) in [7, 11) is 1.83. The van der Waals surface area contributed by atoms with Gasteiger partial charge in [0.25, 0.3) is 0 Å². The summed E-state index contributed by atoms with van der Waals surface area (Å²) in [5.74, 6) is 2.73. The molecule has 1 saturated heterocycles. The van der Waals surface area contributed by atoms with Crippen molar-refractivity contribution in [2.75, 3.05) is 50.4 Å². The van der Waals surface area contributed by atoms with Crippen molar-refractivity contribution in [1.82, 2.24) is 20.2 Å². The molecule has 0 radical (unpaired) electrons. The van der Waals surface area contributed by atoms with E-state index >= 15 is 0 Å². The fraction of sp³-hybridized carbons (Fsp3) is 0.389. The minimum absolute atomic E-state index is 0. The minimum atomic E-state index is 0. The maximum Gasteiger partial charge on any atom is 0.225 e. The SMILES string of the molecule is CN=C(NCCSc1ccc(Cl)cc1)N1CCN(c2ncccn2)CC1.I. The number of piperazine rings is 1. The molecule has 0 unspecified atom stereocenters. The highest BCUT2D eigenvalue weighted by Crippen LogP contribution is 2.19. The molecule has 3 rings (SSSR count). The minimum Gasteiger partial charge on any atom is -0.355 e. The predicted octanol–water partition coefficient (Wildman–Crippen LogP) is 3.24. The van der Waals surface area contributed by atoms with Gasteiger partial charge in [0.05, 0.1) is 0 Å². The number of hydrogen-bond acceptors (Lipinski definition) is 5. The maximum absolute atomic E-state index is 5.91. The van der Waals surface area contributed by atoms with Crippen LogP contribution in [0.5, 0.6) is 0 Å². The van der Waals surface area contributed by atoms with Gasteiger partial charge in [-0.15, -0.1) is 35.7 Å². The van der Waals surface area contributed by atoms with E-state index in [4.69, 9.17) is 11.6 Å². The molecule has 146 valence electrons. The Labute approximate surface area is 186 Å². The third-order valence-corrected chi connectivity index (χ3v) is 5.36. The van der Waals surface area contributed by atoms with E-state index in [1.807, 2.05) is 37.4 Å². The number of aromatic nitrogens is 2. The van der Waals surface area contributed by atoms with Crippen LogP contribution >= 0.6 is 47.3 Å². The number of thioether (sulfide) groups is 1. The number of anilines is 1. The van der Waals surface area contributed by atoms with Crippen LogP contribution in [0.15, 0.2) is 52.6 Å². The highest BCUT2D eigenvalue weighted by molar-refractivity contribution is 14.0. The van der Waals surface area contributed by atoms with Gasteiger partial charge in [0.15, 0.2) is 5.96 Å². The summed E-state index contributed by atoms with van der Waals surface area (Å²) in [5.41, 5.74) is 0. The van der Waals surface area contributed by atoms with Gasteiger partial charge in [-0.25, -0.2) is 9.97 Å². The van der Waals surface area contributed by atoms with E-state index in [0.717, 1.165) is 55.4 Å². The zero-order chi connectivity index (χ0) is 18.2. The number of halogens is 2. The van der Waals surface area contributed by atoms with Crippen molar-refractivity contribution in [2.45, 2.75) is 4.90 Å². The van der Waals surface area contributed by atoms with Crippen molar-refractivity contribution in [3.05, 3.63) is 47.7 Å². The molecular weight excluding hydrogens is 495 g/mol. The van der Waals surface area contributed by atoms with Gasteiger partial charge in [-0.1, -0.05) is 11.6 Å². The Morgan fingerprint density at radius 1 is 1.15 bits per heavy atom. The number of nitrogens with one attached hydrogen (secondary N) is 1. The topological polar surface area (TPSA) is 56.7 Å². The lowest BCUT2D eigenvalue weighted by atomic mass is 10.3. The van der Waals surface area contributed by atoms with Crippen LogP contribution in [0.25, 0.3) is 0 Å². The molecule has 0 saturated carbocycles. The number of hydrogen-bond donors (Lipinski definition) is 1. The lowest BCUT2D eigenvalue weighted by Gasteiger charge is -2.36. The van der Waals surface area contributed by atoms with Crippen LogP contribution in [-0.4, -0.2) is 66.4 Å². The van der Waals surface area contributed by atoms with Crippen molar-refractivity contribution < 1.29 is 0 Å². The zero-order valence-electron chi connectivity index (χ0n) is 15.2. The first-order valence-electron chi connectivity index (χ1n) is 8.62. The molecule has 2 heterocycles. The van der Waals surface area contributed by atoms with E-state index < -0.39 is 0 Å². The molecule has 0 atom stereocenters. The van der Waals surface area contributed by atoms with Crippen LogP contribution in [-0.2, 0) is 0 Å². The molecule has 1 aliphatic heterocycles. The van der Waals surface area contributed by atoms with Crippen LogP contribution < -0.4 is 10.2 Å². The van der Waals surface area contributed by atoms with Crippen molar-refractivity contribution >= 4 is 59.2 Å². The van der Waals surface area contributed by atoms with Crippen LogP contribution in [0.1, 0.15) is 0 Å². The molecule has 1 aromatic heterocycles. The summed E-state index contributed by atoms with van der Waals surface area (Å²) in [6, 6.07) is 9.78. The Morgan fingerprint density at radius 3 is 2.44 bits per heavy atom. The molecule has 0 spiro atoms. The first kappa shape index (κ1) is 22.0. The van der Waals surface area contributed by atoms with Crippen LogP contribution in [0.2, 0.25) is 5.02 Å². The first-order chi connectivity index (χ1) is 12.8. The van der Waals surface area contributed by atoms with E-state index in [1.54, 1.807) is 24.2 Å². The fourth-order valence-corrected chi connectivity index (χ4v) is 3.66. The average Bonchev–Trinajstić information content (AvgIpc) is 2.70. The van der Waals surface area contributed by atoms with E-state index in [-0.39, 0.29) is 24.0 Å². The third kappa shape index (κ3) is 6.69. The van der Waals surface area contributed by atoms with Gasteiger partial charge < -0.3 is 15.1 Å². The predicted molar refractivity (Wildman–Crippen MR) is 125 cm³/mol. The summed E-state index contributed by atoms with van der Waals surface area (Å²) >= 11 is 7.72. The highest BCUT2D eigenvalue weighted by Gasteiger charge is 2.20. The molecule has 1 fully saturated rings. The Morgan fingerprint density at radius 2 is 1.81 bits per heavy atom. The largest absolute Gasteiger partial charge is 0.355 e. The summed E-state index contributed by atoms with van der Waals surface area (Å²) < 4.78 is 0. The number of nitrogens with zero attached hydrogens (tertiary/aromatic N) is 5. The van der Waals surface area contributed by atoms with E-state index in [2.05, 4.69) is 30.1 Å². The van der Waals surface area contributed by atoms with Gasteiger partial charge >= 0.3 is 0 Å². The number of guanidine groups is 1. The third-order valence-electron chi connectivity index (χ3n) is 4.09. The highest BCUT2D eigenvalue weighted by atomic mass is 127. The molecule has 1 aromatic carbocycles. The van der Waals surface area contributed by atoms with Gasteiger partial charge in [-0.3, -0.25) is 4.99 Å². The summed E-state index contributed by atoms with van der Waals surface area (Å²) in [6.45, 7) is 4.46. The Balaban J connectivity index is 0.00000261. The fourth-order valence-electron chi connectivity index (χ4n) is 2.77. The second kappa shape index (κ2) is 11.6. The average molecular weight is 519 g/mol. The summed E-state index contributed by atoms with van der Waals surface area (Å²) in [6.07, 6.45) is 3.57. The second-order valence-corrected chi connectivity index (χ2v) is 7.40. The first-order valence-corrected chi connectivity index (χ1v) is 9.98.